The molecular formula is C33H35ClN8O. The van der Waals surface area contributed by atoms with Crippen molar-refractivity contribution in [1.82, 2.24) is 29.4 Å². The van der Waals surface area contributed by atoms with Gasteiger partial charge in [0, 0.05) is 71.3 Å². The van der Waals surface area contributed by atoms with Gasteiger partial charge in [-0.2, -0.15) is 4.98 Å². The van der Waals surface area contributed by atoms with Crippen molar-refractivity contribution < 1.29 is 0 Å². The van der Waals surface area contributed by atoms with E-state index in [1.807, 2.05) is 47.3 Å². The van der Waals surface area contributed by atoms with Crippen LogP contribution >= 0.6 is 11.6 Å². The summed E-state index contributed by atoms with van der Waals surface area (Å²) in [6.45, 7) is 2.21. The average Bonchev–Trinajstić information content (AvgIpc) is 3.74. The van der Waals surface area contributed by atoms with Gasteiger partial charge >= 0.3 is 0 Å². The van der Waals surface area contributed by atoms with Crippen molar-refractivity contribution in [2.75, 3.05) is 30.8 Å². The third-order valence-corrected chi connectivity index (χ3v) is 8.92. The molecule has 1 aromatic carbocycles. The average molecular weight is 595 g/mol. The molecule has 1 aliphatic heterocycles. The number of halogens is 1. The molecule has 43 heavy (non-hydrogen) atoms. The van der Waals surface area contributed by atoms with Gasteiger partial charge in [0.15, 0.2) is 0 Å². The molecule has 1 aliphatic carbocycles. The Hall–Kier alpha value is -4.21. The molecule has 0 spiro atoms. The zero-order valence-electron chi connectivity index (χ0n) is 24.2. The number of nitrogens with one attached hydrogen (secondary N) is 3. The lowest BCUT2D eigenvalue weighted by atomic mass is 10.1. The summed E-state index contributed by atoms with van der Waals surface area (Å²) in [5.74, 6) is 0.452. The van der Waals surface area contributed by atoms with Gasteiger partial charge in [0.2, 0.25) is 5.95 Å². The number of rotatable bonds is 7. The molecule has 2 fully saturated rings. The summed E-state index contributed by atoms with van der Waals surface area (Å²) >= 11 is 6.73. The number of fused-ring (bicyclic) bond motifs is 1. The maximum atomic E-state index is 14.1. The first-order valence-corrected chi connectivity index (χ1v) is 15.4. The molecule has 7 rings (SSSR count). The molecule has 0 radical (unpaired) electrons. The van der Waals surface area contributed by atoms with Crippen LogP contribution in [-0.4, -0.2) is 55.6 Å². The summed E-state index contributed by atoms with van der Waals surface area (Å²) in [7, 11) is 2.17. The Morgan fingerprint density at radius 3 is 2.51 bits per heavy atom. The number of likely N-dealkylation sites (tertiary alicyclic amines) is 1. The summed E-state index contributed by atoms with van der Waals surface area (Å²) in [4.78, 5) is 33.6. The number of benzene rings is 1. The van der Waals surface area contributed by atoms with Gasteiger partial charge in [0.25, 0.3) is 5.56 Å². The monoisotopic (exact) mass is 594 g/mol. The van der Waals surface area contributed by atoms with Crippen molar-refractivity contribution >= 4 is 40.0 Å². The molecule has 1 unspecified atom stereocenters. The van der Waals surface area contributed by atoms with Crippen LogP contribution in [0, 0.1) is 0 Å². The van der Waals surface area contributed by atoms with E-state index in [4.69, 9.17) is 16.6 Å². The van der Waals surface area contributed by atoms with Gasteiger partial charge in [-0.05, 0) is 81.7 Å². The van der Waals surface area contributed by atoms with Crippen LogP contribution in [0.4, 0.5) is 17.3 Å². The van der Waals surface area contributed by atoms with Gasteiger partial charge in [-0.15, -0.1) is 0 Å². The Kier molecular flexibility index (Phi) is 7.59. The number of piperidine rings is 1. The van der Waals surface area contributed by atoms with E-state index < -0.39 is 0 Å². The van der Waals surface area contributed by atoms with Crippen molar-refractivity contribution in [2.24, 2.45) is 0 Å². The number of aromatic nitrogens is 5. The summed E-state index contributed by atoms with van der Waals surface area (Å²) in [5.41, 5.74) is 5.28. The molecule has 1 saturated carbocycles. The van der Waals surface area contributed by atoms with Crippen molar-refractivity contribution in [3.8, 4) is 22.4 Å². The van der Waals surface area contributed by atoms with Gasteiger partial charge < -0.3 is 20.5 Å². The lowest BCUT2D eigenvalue weighted by molar-refractivity contribution is 0.261. The molecular weight excluding hydrogens is 560 g/mol. The maximum Gasteiger partial charge on any atom is 0.261 e. The Morgan fingerprint density at radius 1 is 0.953 bits per heavy atom. The minimum absolute atomic E-state index is 0.0693. The Labute approximate surface area is 255 Å². The van der Waals surface area contributed by atoms with Crippen LogP contribution in [-0.2, 0) is 0 Å². The number of likely N-dealkylation sites (N-methyl/N-ethyl adjacent to an activating group) is 1. The first-order valence-electron chi connectivity index (χ1n) is 15.1. The van der Waals surface area contributed by atoms with Crippen molar-refractivity contribution in [3.05, 3.63) is 82.6 Å². The SMILES string of the molecule is CN1CCCC(Nc2ccc(Nc3ncc4cc(-c5ncc(-c6cc[nH]c6)cc5Cl)c(=O)n(C5CCCC5)c4n3)cc2)C1. The fraction of sp³-hybridized carbons (Fsp3) is 0.333. The second kappa shape index (κ2) is 11.8. The quantitative estimate of drug-likeness (QED) is 0.189. The number of hydrogen-bond acceptors (Lipinski definition) is 7. The van der Waals surface area contributed by atoms with Crippen LogP contribution < -0.4 is 16.2 Å². The van der Waals surface area contributed by atoms with E-state index in [1.54, 1.807) is 12.4 Å². The fourth-order valence-electron chi connectivity index (χ4n) is 6.45. The molecule has 3 N–H and O–H groups in total. The summed E-state index contributed by atoms with van der Waals surface area (Å²) in [6, 6.07) is 14.4. The van der Waals surface area contributed by atoms with Gasteiger partial charge in [-0.25, -0.2) is 4.98 Å². The second-order valence-electron chi connectivity index (χ2n) is 11.7. The fourth-order valence-corrected chi connectivity index (χ4v) is 6.72. The number of pyridine rings is 2. The predicted molar refractivity (Wildman–Crippen MR) is 173 cm³/mol. The van der Waals surface area contributed by atoms with Gasteiger partial charge in [0.1, 0.15) is 5.65 Å². The Balaban J connectivity index is 1.20. The predicted octanol–water partition coefficient (Wildman–Crippen LogP) is 6.87. The van der Waals surface area contributed by atoms with Crippen molar-refractivity contribution in [2.45, 2.75) is 50.6 Å². The third kappa shape index (κ3) is 5.75. The molecule has 5 heterocycles. The molecule has 10 heteroatoms. The van der Waals surface area contributed by atoms with E-state index in [0.29, 0.717) is 33.9 Å². The second-order valence-corrected chi connectivity index (χ2v) is 12.2. The third-order valence-electron chi connectivity index (χ3n) is 8.63. The van der Waals surface area contributed by atoms with Crippen LogP contribution in [0.25, 0.3) is 33.4 Å². The minimum atomic E-state index is -0.128. The summed E-state index contributed by atoms with van der Waals surface area (Å²) in [5, 5.41) is 8.19. The molecule has 1 atom stereocenters. The first kappa shape index (κ1) is 27.6. The molecule has 220 valence electrons. The van der Waals surface area contributed by atoms with Crippen molar-refractivity contribution in [1.29, 1.82) is 0 Å². The molecule has 0 amide bonds. The maximum absolute atomic E-state index is 14.1. The van der Waals surface area contributed by atoms with Crippen LogP contribution in [0.3, 0.4) is 0 Å². The highest BCUT2D eigenvalue weighted by molar-refractivity contribution is 6.33. The van der Waals surface area contributed by atoms with E-state index in [-0.39, 0.29) is 11.6 Å². The normalized spacial score (nSPS) is 17.9. The summed E-state index contributed by atoms with van der Waals surface area (Å²) < 4.78 is 1.84. The van der Waals surface area contributed by atoms with Crippen LogP contribution in [0.2, 0.25) is 5.02 Å². The van der Waals surface area contributed by atoms with Crippen molar-refractivity contribution in [3.63, 3.8) is 0 Å². The van der Waals surface area contributed by atoms with E-state index in [0.717, 1.165) is 66.7 Å². The van der Waals surface area contributed by atoms with Gasteiger partial charge in [-0.3, -0.25) is 14.3 Å². The van der Waals surface area contributed by atoms with Gasteiger partial charge in [0.05, 0.1) is 16.3 Å². The van der Waals surface area contributed by atoms with Crippen LogP contribution in [0.1, 0.15) is 44.6 Å². The van der Waals surface area contributed by atoms with E-state index >= 15 is 0 Å². The molecule has 4 aromatic heterocycles. The number of hydrogen-bond donors (Lipinski definition) is 3. The number of anilines is 3. The topological polar surface area (TPSA) is 104 Å². The molecule has 5 aromatic rings. The molecule has 0 bridgehead atoms. The first-order chi connectivity index (χ1) is 21.0. The van der Waals surface area contributed by atoms with E-state index in [2.05, 4.69) is 49.7 Å². The zero-order valence-corrected chi connectivity index (χ0v) is 24.9. The summed E-state index contributed by atoms with van der Waals surface area (Å²) in [6.07, 6.45) is 13.7. The smallest absolute Gasteiger partial charge is 0.261 e. The largest absolute Gasteiger partial charge is 0.381 e. The highest BCUT2D eigenvalue weighted by Gasteiger charge is 2.24. The number of aromatic amines is 1. The van der Waals surface area contributed by atoms with E-state index in [1.165, 1.54) is 12.8 Å². The van der Waals surface area contributed by atoms with Crippen LogP contribution in [0.5, 0.6) is 0 Å². The number of H-pyrrole nitrogens is 1. The minimum Gasteiger partial charge on any atom is -0.381 e. The Morgan fingerprint density at radius 2 is 1.77 bits per heavy atom. The van der Waals surface area contributed by atoms with Gasteiger partial charge in [-0.1, -0.05) is 24.4 Å². The molecule has 9 nitrogen and oxygen atoms in total. The number of nitrogens with zero attached hydrogens (tertiary/aromatic N) is 5. The zero-order chi connectivity index (χ0) is 29.3. The Bertz CT molecular complexity index is 1800. The van der Waals surface area contributed by atoms with Crippen LogP contribution in [0.15, 0.2) is 72.0 Å². The molecule has 2 aliphatic rings. The highest BCUT2D eigenvalue weighted by Crippen LogP contribution is 2.34. The van der Waals surface area contributed by atoms with E-state index in [9.17, 15) is 4.79 Å². The lowest BCUT2D eigenvalue weighted by Crippen LogP contribution is -2.39. The highest BCUT2D eigenvalue weighted by atomic mass is 35.5. The standard InChI is InChI=1S/C33H35ClN8O/c1-41-14-4-5-26(20-41)38-24-8-10-25(11-9-24)39-33-37-19-23-15-28(32(43)42(31(23)40-33)27-6-2-3-7-27)30-29(34)16-22(18-36-30)21-12-13-35-17-21/h8-13,15-19,26-27,35,38H,2-7,14,20H2,1H3,(H,37,39,40). The lowest BCUT2D eigenvalue weighted by Gasteiger charge is -2.30. The molecule has 1 saturated heterocycles.